The molecule has 0 bridgehead atoms. The number of hydrazone groups is 1. The van der Waals surface area contributed by atoms with Gasteiger partial charge in [-0.3, -0.25) is 5.43 Å². The van der Waals surface area contributed by atoms with Crippen LogP contribution in [0.25, 0.3) is 0 Å². The van der Waals surface area contributed by atoms with Gasteiger partial charge in [0.15, 0.2) is 5.11 Å². The molecule has 3 N–H and O–H groups in total. The molecule has 0 atom stereocenters. The lowest BCUT2D eigenvalue weighted by Crippen LogP contribution is -2.24. The van der Waals surface area contributed by atoms with E-state index in [9.17, 15) is 0 Å². The fraction of sp³-hybridized carbons (Fsp3) is 0.429. The van der Waals surface area contributed by atoms with Gasteiger partial charge >= 0.3 is 0 Å². The Morgan fingerprint density at radius 1 is 1.25 bits per heavy atom. The number of nitrogens with two attached hydrogens (primary N) is 1. The summed E-state index contributed by atoms with van der Waals surface area (Å²) in [5, 5.41) is 4.06. The Hall–Kier alpha value is -1.82. The standard InChI is InChI=1S/C14H21N3O2S/c1-9(2)18-12-6-5-11(8-16-17-14(15)20)13(7-12)19-10(3)4/h5-10H,1-4H3,(H3,15,17,20). The number of ether oxygens (including phenoxy) is 2. The third-order valence-electron chi connectivity index (χ3n) is 2.10. The number of hydrogen-bond donors (Lipinski definition) is 2. The summed E-state index contributed by atoms with van der Waals surface area (Å²) in [6.07, 6.45) is 1.77. The van der Waals surface area contributed by atoms with E-state index in [0.29, 0.717) is 5.75 Å². The first-order chi connectivity index (χ1) is 9.38. The third-order valence-corrected chi connectivity index (χ3v) is 2.19. The predicted octanol–water partition coefficient (Wildman–Crippen LogP) is 2.43. The van der Waals surface area contributed by atoms with Gasteiger partial charge < -0.3 is 15.2 Å². The van der Waals surface area contributed by atoms with Crippen LogP contribution in [0.4, 0.5) is 0 Å². The SMILES string of the molecule is CC(C)Oc1ccc(C=NNC(N)=S)c(OC(C)C)c1. The van der Waals surface area contributed by atoms with E-state index >= 15 is 0 Å². The van der Waals surface area contributed by atoms with Crippen molar-refractivity contribution in [3.05, 3.63) is 23.8 Å². The molecule has 110 valence electrons. The fourth-order valence-corrected chi connectivity index (χ4v) is 1.54. The summed E-state index contributed by atoms with van der Waals surface area (Å²) in [5.41, 5.74) is 8.64. The summed E-state index contributed by atoms with van der Waals surface area (Å²) in [4.78, 5) is 0. The van der Waals surface area contributed by atoms with Gasteiger partial charge in [-0.05, 0) is 52.0 Å². The monoisotopic (exact) mass is 295 g/mol. The van der Waals surface area contributed by atoms with Crippen molar-refractivity contribution in [1.29, 1.82) is 0 Å². The lowest BCUT2D eigenvalue weighted by atomic mass is 10.2. The summed E-state index contributed by atoms with van der Waals surface area (Å²) in [7, 11) is 0. The first-order valence-corrected chi connectivity index (χ1v) is 6.85. The topological polar surface area (TPSA) is 68.9 Å². The van der Waals surface area contributed by atoms with Crippen LogP contribution >= 0.6 is 12.2 Å². The smallest absolute Gasteiger partial charge is 0.184 e. The molecule has 0 aromatic heterocycles. The van der Waals surface area contributed by atoms with Crippen LogP contribution in [-0.4, -0.2) is 23.5 Å². The van der Waals surface area contributed by atoms with E-state index in [-0.39, 0.29) is 17.3 Å². The summed E-state index contributed by atoms with van der Waals surface area (Å²) in [5.74, 6) is 1.46. The van der Waals surface area contributed by atoms with E-state index in [1.165, 1.54) is 0 Å². The highest BCUT2D eigenvalue weighted by Gasteiger charge is 2.07. The average Bonchev–Trinajstić information content (AvgIpc) is 2.29. The number of hydrogen-bond acceptors (Lipinski definition) is 4. The predicted molar refractivity (Wildman–Crippen MR) is 85.5 cm³/mol. The highest BCUT2D eigenvalue weighted by atomic mass is 32.1. The molecule has 0 aliphatic heterocycles. The second-order valence-corrected chi connectivity index (χ2v) is 5.21. The first-order valence-electron chi connectivity index (χ1n) is 6.44. The molecule has 20 heavy (non-hydrogen) atoms. The zero-order chi connectivity index (χ0) is 15.1. The minimum atomic E-state index is 0.0556. The van der Waals surface area contributed by atoms with E-state index in [1.54, 1.807) is 6.21 Å². The highest BCUT2D eigenvalue weighted by molar-refractivity contribution is 7.80. The molecular weight excluding hydrogens is 274 g/mol. The van der Waals surface area contributed by atoms with Crippen molar-refractivity contribution in [2.24, 2.45) is 10.8 Å². The Labute approximate surface area is 125 Å². The molecule has 0 unspecified atom stereocenters. The van der Waals surface area contributed by atoms with Gasteiger partial charge in [-0.15, -0.1) is 0 Å². The van der Waals surface area contributed by atoms with Gasteiger partial charge in [-0.2, -0.15) is 5.10 Å². The maximum absolute atomic E-state index is 5.76. The van der Waals surface area contributed by atoms with Gasteiger partial charge in [0.25, 0.3) is 0 Å². The Balaban J connectivity index is 2.96. The summed E-state index contributed by atoms with van der Waals surface area (Å²) in [6.45, 7) is 7.88. The van der Waals surface area contributed by atoms with Crippen molar-refractivity contribution in [3.63, 3.8) is 0 Å². The average molecular weight is 295 g/mol. The second-order valence-electron chi connectivity index (χ2n) is 4.77. The highest BCUT2D eigenvalue weighted by Crippen LogP contribution is 2.25. The lowest BCUT2D eigenvalue weighted by molar-refractivity contribution is 0.229. The van der Waals surface area contributed by atoms with Crippen molar-refractivity contribution < 1.29 is 9.47 Å². The van der Waals surface area contributed by atoms with Crippen LogP contribution in [0.3, 0.4) is 0 Å². The molecule has 1 rings (SSSR count). The minimum Gasteiger partial charge on any atom is -0.491 e. The molecule has 0 aliphatic rings. The van der Waals surface area contributed by atoms with E-state index in [1.807, 2.05) is 45.9 Å². The Morgan fingerprint density at radius 2 is 1.90 bits per heavy atom. The van der Waals surface area contributed by atoms with Crippen LogP contribution in [-0.2, 0) is 0 Å². The van der Waals surface area contributed by atoms with E-state index in [4.69, 9.17) is 15.2 Å². The molecule has 1 aromatic carbocycles. The second kappa shape index (κ2) is 7.69. The summed E-state index contributed by atoms with van der Waals surface area (Å²) in [6, 6.07) is 5.59. The maximum atomic E-state index is 5.76. The molecular formula is C14H21N3O2S. The number of thiocarbonyl (C=S) groups is 1. The van der Waals surface area contributed by atoms with Gasteiger partial charge in [0.1, 0.15) is 11.5 Å². The number of benzene rings is 1. The minimum absolute atomic E-state index is 0.0556. The van der Waals surface area contributed by atoms with Crippen LogP contribution in [0.5, 0.6) is 11.5 Å². The normalized spacial score (nSPS) is 11.1. The number of nitrogens with zero attached hydrogens (tertiary/aromatic N) is 1. The Bertz CT molecular complexity index is 487. The van der Waals surface area contributed by atoms with Crippen LogP contribution < -0.4 is 20.6 Å². The van der Waals surface area contributed by atoms with Crippen molar-refractivity contribution in [3.8, 4) is 11.5 Å². The van der Waals surface area contributed by atoms with E-state index < -0.39 is 0 Å². The van der Waals surface area contributed by atoms with E-state index in [0.717, 1.165) is 11.3 Å². The summed E-state index contributed by atoms with van der Waals surface area (Å²) >= 11 is 4.68. The molecule has 0 heterocycles. The molecule has 0 aliphatic carbocycles. The Kier molecular flexibility index (Phi) is 6.24. The maximum Gasteiger partial charge on any atom is 0.184 e. The van der Waals surface area contributed by atoms with Gasteiger partial charge in [-0.1, -0.05) is 0 Å². The molecule has 0 fully saturated rings. The zero-order valence-electron chi connectivity index (χ0n) is 12.2. The zero-order valence-corrected chi connectivity index (χ0v) is 13.0. The van der Waals surface area contributed by atoms with Gasteiger partial charge in [0.05, 0.1) is 18.4 Å². The van der Waals surface area contributed by atoms with Gasteiger partial charge in [0.2, 0.25) is 0 Å². The molecule has 0 saturated heterocycles. The number of nitrogens with one attached hydrogen (secondary N) is 1. The molecule has 6 heteroatoms. The van der Waals surface area contributed by atoms with E-state index in [2.05, 4.69) is 22.7 Å². The molecule has 1 aromatic rings. The fourth-order valence-electron chi connectivity index (χ4n) is 1.49. The molecule has 5 nitrogen and oxygen atoms in total. The first kappa shape index (κ1) is 16.2. The van der Waals surface area contributed by atoms with Gasteiger partial charge in [0, 0.05) is 11.6 Å². The van der Waals surface area contributed by atoms with Crippen LogP contribution in [0.1, 0.15) is 33.3 Å². The molecule has 0 amide bonds. The van der Waals surface area contributed by atoms with Crippen molar-refractivity contribution >= 4 is 23.5 Å². The largest absolute Gasteiger partial charge is 0.491 e. The van der Waals surface area contributed by atoms with Crippen molar-refractivity contribution in [2.45, 2.75) is 39.9 Å². The van der Waals surface area contributed by atoms with Crippen molar-refractivity contribution in [1.82, 2.24) is 5.43 Å². The quantitative estimate of drug-likeness (QED) is 0.479. The van der Waals surface area contributed by atoms with Crippen LogP contribution in [0.2, 0.25) is 0 Å². The van der Waals surface area contributed by atoms with Crippen LogP contribution in [0, 0.1) is 0 Å². The van der Waals surface area contributed by atoms with Crippen LogP contribution in [0.15, 0.2) is 23.3 Å². The third kappa shape index (κ3) is 5.88. The molecule has 0 spiro atoms. The number of rotatable bonds is 6. The summed E-state index contributed by atoms with van der Waals surface area (Å²) < 4.78 is 11.4. The lowest BCUT2D eigenvalue weighted by Gasteiger charge is -2.15. The molecule has 0 radical (unpaired) electrons. The van der Waals surface area contributed by atoms with Crippen molar-refractivity contribution in [2.75, 3.05) is 0 Å². The van der Waals surface area contributed by atoms with Gasteiger partial charge in [-0.25, -0.2) is 0 Å². The Morgan fingerprint density at radius 3 is 2.45 bits per heavy atom. The molecule has 0 saturated carbocycles.